The summed E-state index contributed by atoms with van der Waals surface area (Å²) in [7, 11) is 1.59. The van der Waals surface area contributed by atoms with Gasteiger partial charge in [-0.1, -0.05) is 6.08 Å². The van der Waals surface area contributed by atoms with Crippen molar-refractivity contribution in [1.82, 2.24) is 0 Å². The van der Waals surface area contributed by atoms with Crippen LogP contribution in [0.3, 0.4) is 0 Å². The normalized spacial score (nSPS) is 16.1. The van der Waals surface area contributed by atoms with Crippen LogP contribution in [0.1, 0.15) is 11.3 Å². The molecule has 5 heteroatoms. The molecule has 110 valence electrons. The van der Waals surface area contributed by atoms with E-state index in [0.29, 0.717) is 11.3 Å². The largest absolute Gasteiger partial charge is 0.497 e. The van der Waals surface area contributed by atoms with Crippen LogP contribution in [0.4, 0.5) is 0 Å². The summed E-state index contributed by atoms with van der Waals surface area (Å²) in [6.07, 6.45) is 6.59. The van der Waals surface area contributed by atoms with Crippen molar-refractivity contribution in [2.75, 3.05) is 7.11 Å². The lowest BCUT2D eigenvalue weighted by Gasteiger charge is -2.01. The van der Waals surface area contributed by atoms with E-state index in [0.717, 1.165) is 5.75 Å². The van der Waals surface area contributed by atoms with Gasteiger partial charge in [-0.25, -0.2) is 9.79 Å². The van der Waals surface area contributed by atoms with E-state index in [-0.39, 0.29) is 11.6 Å². The SMILES string of the molecule is COc1ccc(C2=NC(=CC=Cc3ccco3)C(=O)O2)cc1. The van der Waals surface area contributed by atoms with Gasteiger partial charge in [0.1, 0.15) is 11.5 Å². The number of esters is 1. The number of carbonyl (C=O) groups is 1. The minimum atomic E-state index is -0.477. The van der Waals surface area contributed by atoms with Crippen molar-refractivity contribution in [2.24, 2.45) is 4.99 Å². The van der Waals surface area contributed by atoms with Gasteiger partial charge in [0, 0.05) is 5.56 Å². The molecule has 0 saturated heterocycles. The first-order valence-corrected chi connectivity index (χ1v) is 6.63. The molecule has 2 aromatic rings. The Kier molecular flexibility index (Phi) is 3.87. The third-order valence-electron chi connectivity index (χ3n) is 3.02. The number of hydrogen-bond donors (Lipinski definition) is 0. The Morgan fingerprint density at radius 3 is 2.68 bits per heavy atom. The summed E-state index contributed by atoms with van der Waals surface area (Å²) >= 11 is 0. The highest BCUT2D eigenvalue weighted by Gasteiger charge is 2.23. The molecule has 0 saturated carbocycles. The fraction of sp³-hybridized carbons (Fsp3) is 0.0588. The fourth-order valence-electron chi connectivity index (χ4n) is 1.90. The van der Waals surface area contributed by atoms with Crippen molar-refractivity contribution in [3.05, 3.63) is 71.8 Å². The van der Waals surface area contributed by atoms with Crippen LogP contribution in [0.15, 0.2) is 69.9 Å². The predicted molar refractivity (Wildman–Crippen MR) is 81.4 cm³/mol. The average molecular weight is 295 g/mol. The zero-order chi connectivity index (χ0) is 15.4. The lowest BCUT2D eigenvalue weighted by Crippen LogP contribution is -2.05. The van der Waals surface area contributed by atoms with Crippen LogP contribution in [-0.2, 0) is 9.53 Å². The minimum Gasteiger partial charge on any atom is -0.497 e. The quantitative estimate of drug-likeness (QED) is 0.642. The van der Waals surface area contributed by atoms with E-state index in [9.17, 15) is 4.79 Å². The Balaban J connectivity index is 1.78. The van der Waals surface area contributed by atoms with Crippen LogP contribution in [0.2, 0.25) is 0 Å². The Hall–Kier alpha value is -3.08. The van der Waals surface area contributed by atoms with Crippen LogP contribution in [-0.4, -0.2) is 19.0 Å². The molecule has 1 aliphatic heterocycles. The first kappa shape index (κ1) is 13.9. The average Bonchev–Trinajstić information content (AvgIpc) is 3.18. The molecular formula is C17H13NO4. The van der Waals surface area contributed by atoms with E-state index < -0.39 is 5.97 Å². The van der Waals surface area contributed by atoms with Crippen LogP contribution in [0.25, 0.3) is 6.08 Å². The number of hydrogen-bond acceptors (Lipinski definition) is 5. The second-order valence-corrected chi connectivity index (χ2v) is 4.46. The number of cyclic esters (lactones) is 1. The van der Waals surface area contributed by atoms with Crippen LogP contribution in [0, 0.1) is 0 Å². The first-order chi connectivity index (χ1) is 10.8. The molecule has 5 nitrogen and oxygen atoms in total. The molecule has 0 radical (unpaired) electrons. The van der Waals surface area contributed by atoms with Gasteiger partial charge >= 0.3 is 5.97 Å². The van der Waals surface area contributed by atoms with E-state index in [4.69, 9.17) is 13.9 Å². The van der Waals surface area contributed by atoms with Crippen molar-refractivity contribution < 1.29 is 18.7 Å². The molecule has 0 amide bonds. The number of allylic oxidation sites excluding steroid dienone is 2. The van der Waals surface area contributed by atoms with E-state index in [1.165, 1.54) is 0 Å². The molecule has 0 N–H and O–H groups in total. The van der Waals surface area contributed by atoms with E-state index >= 15 is 0 Å². The third-order valence-corrected chi connectivity index (χ3v) is 3.02. The number of carbonyl (C=O) groups excluding carboxylic acids is 1. The van der Waals surface area contributed by atoms with Gasteiger partial charge in [-0.05, 0) is 48.6 Å². The molecule has 1 aromatic heterocycles. The smallest absolute Gasteiger partial charge is 0.363 e. The number of benzene rings is 1. The molecule has 3 rings (SSSR count). The molecule has 0 spiro atoms. The molecule has 0 fully saturated rings. The van der Waals surface area contributed by atoms with E-state index in [1.54, 1.807) is 61.9 Å². The maximum absolute atomic E-state index is 11.8. The number of furan rings is 1. The van der Waals surface area contributed by atoms with Gasteiger partial charge in [0.25, 0.3) is 0 Å². The topological polar surface area (TPSA) is 61.0 Å². The standard InChI is InChI=1S/C17H13NO4/c1-20-13-9-7-12(8-10-13)16-18-15(17(19)22-16)6-2-4-14-5-3-11-21-14/h2-11H,1H3. The summed E-state index contributed by atoms with van der Waals surface area (Å²) < 4.78 is 15.4. The molecule has 1 aliphatic rings. The lowest BCUT2D eigenvalue weighted by molar-refractivity contribution is -0.130. The highest BCUT2D eigenvalue weighted by molar-refractivity contribution is 6.11. The zero-order valence-electron chi connectivity index (χ0n) is 11.9. The highest BCUT2D eigenvalue weighted by Crippen LogP contribution is 2.19. The van der Waals surface area contributed by atoms with Gasteiger partial charge < -0.3 is 13.9 Å². The Labute approximate surface area is 127 Å². The number of rotatable bonds is 4. The van der Waals surface area contributed by atoms with Gasteiger partial charge in [0.15, 0.2) is 5.70 Å². The van der Waals surface area contributed by atoms with Gasteiger partial charge in [-0.15, -0.1) is 0 Å². The molecule has 22 heavy (non-hydrogen) atoms. The monoisotopic (exact) mass is 295 g/mol. The molecule has 0 bridgehead atoms. The molecule has 0 unspecified atom stereocenters. The van der Waals surface area contributed by atoms with Crippen molar-refractivity contribution in [3.8, 4) is 5.75 Å². The number of aliphatic imine (C=N–C) groups is 1. The van der Waals surface area contributed by atoms with E-state index in [1.807, 2.05) is 6.07 Å². The second kappa shape index (κ2) is 6.13. The van der Waals surface area contributed by atoms with Crippen LogP contribution in [0.5, 0.6) is 5.75 Å². The predicted octanol–water partition coefficient (Wildman–Crippen LogP) is 3.19. The number of ether oxygens (including phenoxy) is 2. The fourth-order valence-corrected chi connectivity index (χ4v) is 1.90. The Morgan fingerprint density at radius 1 is 1.18 bits per heavy atom. The minimum absolute atomic E-state index is 0.244. The molecular weight excluding hydrogens is 282 g/mol. The van der Waals surface area contributed by atoms with Gasteiger partial charge in [-0.2, -0.15) is 0 Å². The van der Waals surface area contributed by atoms with Gasteiger partial charge in [0.05, 0.1) is 13.4 Å². The van der Waals surface area contributed by atoms with Crippen molar-refractivity contribution in [2.45, 2.75) is 0 Å². The molecule has 0 aliphatic carbocycles. The Morgan fingerprint density at radius 2 is 2.00 bits per heavy atom. The van der Waals surface area contributed by atoms with Crippen molar-refractivity contribution in [3.63, 3.8) is 0 Å². The summed E-state index contributed by atoms with van der Waals surface area (Å²) in [5, 5.41) is 0. The maximum Gasteiger partial charge on any atom is 0.363 e. The number of methoxy groups -OCH3 is 1. The number of nitrogens with zero attached hydrogens (tertiary/aromatic N) is 1. The first-order valence-electron chi connectivity index (χ1n) is 6.63. The van der Waals surface area contributed by atoms with Gasteiger partial charge in [0.2, 0.25) is 5.90 Å². The summed E-state index contributed by atoms with van der Waals surface area (Å²) in [5.41, 5.74) is 0.959. The summed E-state index contributed by atoms with van der Waals surface area (Å²) in [4.78, 5) is 16.0. The van der Waals surface area contributed by atoms with Crippen LogP contribution < -0.4 is 4.74 Å². The van der Waals surface area contributed by atoms with E-state index in [2.05, 4.69) is 4.99 Å². The summed E-state index contributed by atoms with van der Waals surface area (Å²) in [6, 6.07) is 10.7. The van der Waals surface area contributed by atoms with Crippen molar-refractivity contribution in [1.29, 1.82) is 0 Å². The third kappa shape index (κ3) is 2.98. The van der Waals surface area contributed by atoms with Crippen LogP contribution >= 0.6 is 0 Å². The lowest BCUT2D eigenvalue weighted by atomic mass is 10.2. The summed E-state index contributed by atoms with van der Waals surface area (Å²) in [5.74, 6) is 1.23. The summed E-state index contributed by atoms with van der Waals surface area (Å²) in [6.45, 7) is 0. The molecule has 0 atom stereocenters. The Bertz CT molecular complexity index is 752. The zero-order valence-corrected chi connectivity index (χ0v) is 11.9. The highest BCUT2D eigenvalue weighted by atomic mass is 16.6. The molecule has 1 aromatic carbocycles. The van der Waals surface area contributed by atoms with Crippen molar-refractivity contribution >= 4 is 17.9 Å². The molecule has 2 heterocycles. The maximum atomic E-state index is 11.8. The van der Waals surface area contributed by atoms with Gasteiger partial charge in [-0.3, -0.25) is 0 Å². The second-order valence-electron chi connectivity index (χ2n) is 4.46.